The van der Waals surface area contributed by atoms with Crippen molar-refractivity contribution in [2.45, 2.75) is 26.6 Å². The van der Waals surface area contributed by atoms with Crippen molar-refractivity contribution in [3.8, 4) is 11.5 Å². The molecule has 1 heterocycles. The first-order valence-corrected chi connectivity index (χ1v) is 6.64. The first kappa shape index (κ1) is 15.1. The van der Waals surface area contributed by atoms with Crippen LogP contribution in [0.15, 0.2) is 12.1 Å². The van der Waals surface area contributed by atoms with Crippen LogP contribution in [0.1, 0.15) is 19.4 Å². The molecule has 1 atom stereocenters. The van der Waals surface area contributed by atoms with Crippen LogP contribution in [-0.2, 0) is 16.2 Å². The van der Waals surface area contributed by atoms with Crippen LogP contribution in [0.2, 0.25) is 0 Å². The van der Waals surface area contributed by atoms with Gasteiger partial charge in [-0.05, 0) is 31.5 Å². The Balaban J connectivity index is 2.56. The summed E-state index contributed by atoms with van der Waals surface area (Å²) in [4.78, 5) is 24.6. The van der Waals surface area contributed by atoms with Crippen molar-refractivity contribution >= 4 is 17.5 Å². The van der Waals surface area contributed by atoms with E-state index in [0.717, 1.165) is 0 Å². The number of amides is 2. The Hall–Kier alpha value is -2.28. The Bertz CT molecular complexity index is 573. The summed E-state index contributed by atoms with van der Waals surface area (Å²) in [5, 5.41) is 9.33. The first-order valence-electron chi connectivity index (χ1n) is 6.64. The molecule has 1 aliphatic rings. The van der Waals surface area contributed by atoms with Gasteiger partial charge in [0.05, 0.1) is 18.9 Å². The van der Waals surface area contributed by atoms with E-state index in [0.29, 0.717) is 29.4 Å². The Labute approximate surface area is 122 Å². The van der Waals surface area contributed by atoms with Gasteiger partial charge in [-0.3, -0.25) is 14.5 Å². The SMILES string of the molecule is CCOc1cc(CO)cc2c1OC(C)C(=O)N2CC(N)=O. The van der Waals surface area contributed by atoms with Crippen molar-refractivity contribution in [2.75, 3.05) is 18.1 Å². The number of hydrogen-bond acceptors (Lipinski definition) is 5. The molecule has 3 N–H and O–H groups in total. The van der Waals surface area contributed by atoms with Crippen LogP contribution in [0, 0.1) is 0 Å². The largest absolute Gasteiger partial charge is 0.490 e. The molecule has 2 rings (SSSR count). The molecule has 114 valence electrons. The quantitative estimate of drug-likeness (QED) is 0.806. The minimum absolute atomic E-state index is 0.221. The van der Waals surface area contributed by atoms with Gasteiger partial charge in [-0.2, -0.15) is 0 Å². The van der Waals surface area contributed by atoms with Gasteiger partial charge in [0.25, 0.3) is 5.91 Å². The lowest BCUT2D eigenvalue weighted by Crippen LogP contribution is -2.48. The van der Waals surface area contributed by atoms with E-state index in [1.54, 1.807) is 19.1 Å². The smallest absolute Gasteiger partial charge is 0.268 e. The van der Waals surface area contributed by atoms with Crippen LogP contribution in [-0.4, -0.2) is 36.2 Å². The van der Waals surface area contributed by atoms with Gasteiger partial charge in [0.1, 0.15) is 6.54 Å². The molecule has 7 nitrogen and oxygen atoms in total. The predicted molar refractivity (Wildman–Crippen MR) is 75.2 cm³/mol. The highest BCUT2D eigenvalue weighted by Crippen LogP contribution is 2.42. The maximum atomic E-state index is 12.2. The summed E-state index contributed by atoms with van der Waals surface area (Å²) < 4.78 is 11.1. The van der Waals surface area contributed by atoms with Crippen molar-refractivity contribution < 1.29 is 24.2 Å². The molecule has 7 heteroatoms. The number of ether oxygens (including phenoxy) is 2. The van der Waals surface area contributed by atoms with Gasteiger partial charge in [0, 0.05) is 0 Å². The predicted octanol–water partition coefficient (Wildman–Crippen LogP) is 0.177. The third kappa shape index (κ3) is 2.92. The van der Waals surface area contributed by atoms with Gasteiger partial charge in [0.15, 0.2) is 17.6 Å². The molecule has 0 saturated heterocycles. The first-order chi connectivity index (χ1) is 9.97. The third-order valence-corrected chi connectivity index (χ3v) is 3.09. The average Bonchev–Trinajstić information content (AvgIpc) is 2.44. The Morgan fingerprint density at radius 3 is 2.81 bits per heavy atom. The number of fused-ring (bicyclic) bond motifs is 1. The van der Waals surface area contributed by atoms with Crippen molar-refractivity contribution in [1.29, 1.82) is 0 Å². The lowest BCUT2D eigenvalue weighted by molar-refractivity contribution is -0.127. The van der Waals surface area contributed by atoms with Gasteiger partial charge in [-0.1, -0.05) is 0 Å². The fourth-order valence-corrected chi connectivity index (χ4v) is 2.20. The second-order valence-corrected chi connectivity index (χ2v) is 4.68. The number of nitrogens with zero attached hydrogens (tertiary/aromatic N) is 1. The van der Waals surface area contributed by atoms with Crippen LogP contribution >= 0.6 is 0 Å². The van der Waals surface area contributed by atoms with E-state index in [4.69, 9.17) is 15.2 Å². The van der Waals surface area contributed by atoms with Crippen LogP contribution < -0.4 is 20.1 Å². The van der Waals surface area contributed by atoms with Gasteiger partial charge in [-0.25, -0.2) is 0 Å². The molecule has 21 heavy (non-hydrogen) atoms. The van der Waals surface area contributed by atoms with Gasteiger partial charge in [0.2, 0.25) is 5.91 Å². The zero-order valence-corrected chi connectivity index (χ0v) is 12.0. The summed E-state index contributed by atoms with van der Waals surface area (Å²) in [6.07, 6.45) is -0.740. The number of benzene rings is 1. The molecule has 1 aromatic rings. The highest BCUT2D eigenvalue weighted by molar-refractivity contribution is 6.04. The third-order valence-electron chi connectivity index (χ3n) is 3.09. The molecule has 0 aliphatic carbocycles. The maximum Gasteiger partial charge on any atom is 0.268 e. The molecular formula is C14H18N2O5. The summed E-state index contributed by atoms with van der Waals surface area (Å²) in [5.74, 6) is -0.190. The van der Waals surface area contributed by atoms with E-state index >= 15 is 0 Å². The molecular weight excluding hydrogens is 276 g/mol. The number of nitrogens with two attached hydrogens (primary N) is 1. The number of aliphatic hydroxyl groups is 1. The van der Waals surface area contributed by atoms with E-state index in [1.165, 1.54) is 4.90 Å². The molecule has 0 fully saturated rings. The molecule has 1 aromatic carbocycles. The van der Waals surface area contributed by atoms with E-state index < -0.39 is 12.0 Å². The Morgan fingerprint density at radius 1 is 1.52 bits per heavy atom. The Kier molecular flexibility index (Phi) is 4.32. The molecule has 0 radical (unpaired) electrons. The van der Waals surface area contributed by atoms with Crippen molar-refractivity contribution in [3.63, 3.8) is 0 Å². The highest BCUT2D eigenvalue weighted by Gasteiger charge is 2.34. The molecule has 0 bridgehead atoms. The fourth-order valence-electron chi connectivity index (χ4n) is 2.20. The monoisotopic (exact) mass is 294 g/mol. The average molecular weight is 294 g/mol. The minimum atomic E-state index is -0.740. The van der Waals surface area contributed by atoms with Crippen LogP contribution in [0.4, 0.5) is 5.69 Å². The van der Waals surface area contributed by atoms with E-state index in [2.05, 4.69) is 0 Å². The number of rotatable bonds is 5. The normalized spacial score (nSPS) is 17.2. The Morgan fingerprint density at radius 2 is 2.24 bits per heavy atom. The lowest BCUT2D eigenvalue weighted by atomic mass is 10.1. The zero-order valence-electron chi connectivity index (χ0n) is 12.0. The van der Waals surface area contributed by atoms with Crippen LogP contribution in [0.25, 0.3) is 0 Å². The highest BCUT2D eigenvalue weighted by atomic mass is 16.5. The molecule has 0 spiro atoms. The van der Waals surface area contributed by atoms with E-state index in [9.17, 15) is 14.7 Å². The second-order valence-electron chi connectivity index (χ2n) is 4.68. The van der Waals surface area contributed by atoms with Gasteiger partial charge >= 0.3 is 0 Å². The standard InChI is InChI=1S/C14H18N2O5/c1-3-20-11-5-9(7-17)4-10-13(11)21-8(2)14(19)16(10)6-12(15)18/h4-5,8,17H,3,6-7H2,1-2H3,(H2,15,18). The number of carbonyl (C=O) groups is 2. The lowest BCUT2D eigenvalue weighted by Gasteiger charge is -2.33. The van der Waals surface area contributed by atoms with Gasteiger partial charge in [-0.15, -0.1) is 0 Å². The van der Waals surface area contributed by atoms with Gasteiger partial charge < -0.3 is 20.3 Å². The summed E-state index contributed by atoms with van der Waals surface area (Å²) >= 11 is 0. The van der Waals surface area contributed by atoms with Crippen molar-refractivity contribution in [1.82, 2.24) is 0 Å². The van der Waals surface area contributed by atoms with Crippen molar-refractivity contribution in [2.24, 2.45) is 5.73 Å². The number of anilines is 1. The molecule has 2 amide bonds. The van der Waals surface area contributed by atoms with Crippen molar-refractivity contribution in [3.05, 3.63) is 17.7 Å². The summed E-state index contributed by atoms with van der Waals surface area (Å²) in [6.45, 7) is 3.34. The maximum absolute atomic E-state index is 12.2. The van der Waals surface area contributed by atoms with E-state index in [-0.39, 0.29) is 19.1 Å². The minimum Gasteiger partial charge on any atom is -0.490 e. The number of carbonyl (C=O) groups excluding carboxylic acids is 2. The van der Waals surface area contributed by atoms with Crippen LogP contribution in [0.5, 0.6) is 11.5 Å². The second kappa shape index (κ2) is 6.01. The number of hydrogen-bond donors (Lipinski definition) is 2. The fraction of sp³-hybridized carbons (Fsp3) is 0.429. The van der Waals surface area contributed by atoms with Crippen LogP contribution in [0.3, 0.4) is 0 Å². The number of aliphatic hydroxyl groups excluding tert-OH is 1. The zero-order chi connectivity index (χ0) is 15.6. The topological polar surface area (TPSA) is 102 Å². The summed E-state index contributed by atoms with van der Waals surface area (Å²) in [6, 6.07) is 3.23. The number of primary amides is 1. The molecule has 0 aromatic heterocycles. The molecule has 0 saturated carbocycles. The summed E-state index contributed by atoms with van der Waals surface area (Å²) in [7, 11) is 0. The molecule has 1 unspecified atom stereocenters. The van der Waals surface area contributed by atoms with E-state index in [1.807, 2.05) is 6.92 Å². The summed E-state index contributed by atoms with van der Waals surface area (Å²) in [5.41, 5.74) is 6.14. The molecule has 1 aliphatic heterocycles.